The standard InChI is InChI=1S/C12H17N5O6/c1-2-16-5-8(14-11(13)15-9(5)21)17(12(16)22)10-7(20)6(19)4(3-18)23-10/h4,6-7,10,18-20H,2-3H2,1H3,(H3,13,14,15,21)/t4?,6-,7-,10?/m1/s1. The minimum absolute atomic E-state index is 0.00978. The Bertz CT molecular complexity index is 854. The van der Waals surface area contributed by atoms with Crippen LogP contribution in [0.25, 0.3) is 11.2 Å². The third kappa shape index (κ3) is 2.16. The number of hydrogen-bond donors (Lipinski definition) is 5. The van der Waals surface area contributed by atoms with Gasteiger partial charge < -0.3 is 25.8 Å². The van der Waals surface area contributed by atoms with Gasteiger partial charge in [0.15, 0.2) is 17.4 Å². The fraction of sp³-hybridized carbons (Fsp3) is 0.583. The second kappa shape index (κ2) is 5.45. The largest absolute Gasteiger partial charge is 0.394 e. The third-order valence-corrected chi connectivity index (χ3v) is 3.92. The van der Waals surface area contributed by atoms with Crippen molar-refractivity contribution in [3.63, 3.8) is 0 Å². The highest BCUT2D eigenvalue weighted by molar-refractivity contribution is 5.71. The lowest BCUT2D eigenvalue weighted by molar-refractivity contribution is -0.0527. The predicted molar refractivity (Wildman–Crippen MR) is 77.7 cm³/mol. The van der Waals surface area contributed by atoms with Gasteiger partial charge in [0.05, 0.1) is 6.61 Å². The average Bonchev–Trinajstić information content (AvgIpc) is 2.94. The zero-order chi connectivity index (χ0) is 16.9. The Morgan fingerprint density at radius 2 is 2.04 bits per heavy atom. The van der Waals surface area contributed by atoms with Crippen molar-refractivity contribution in [2.24, 2.45) is 0 Å². The van der Waals surface area contributed by atoms with E-state index in [1.807, 2.05) is 0 Å². The molecule has 0 spiro atoms. The van der Waals surface area contributed by atoms with Crippen molar-refractivity contribution >= 4 is 17.1 Å². The first-order valence-electron chi connectivity index (χ1n) is 7.03. The summed E-state index contributed by atoms with van der Waals surface area (Å²) in [7, 11) is 0. The van der Waals surface area contributed by atoms with E-state index in [-0.39, 0.29) is 23.7 Å². The summed E-state index contributed by atoms with van der Waals surface area (Å²) >= 11 is 0. The Balaban J connectivity index is 2.28. The number of aromatic nitrogens is 4. The number of nitrogens with two attached hydrogens (primary N) is 1. The van der Waals surface area contributed by atoms with Gasteiger partial charge in [-0.05, 0) is 6.92 Å². The molecule has 11 heteroatoms. The molecule has 1 fully saturated rings. The fourth-order valence-electron chi connectivity index (χ4n) is 2.82. The molecule has 23 heavy (non-hydrogen) atoms. The van der Waals surface area contributed by atoms with E-state index >= 15 is 0 Å². The Kier molecular flexibility index (Phi) is 3.72. The summed E-state index contributed by atoms with van der Waals surface area (Å²) in [4.78, 5) is 30.9. The molecule has 0 radical (unpaired) electrons. The molecule has 2 aromatic rings. The van der Waals surface area contributed by atoms with Gasteiger partial charge in [-0.2, -0.15) is 4.98 Å². The Morgan fingerprint density at radius 1 is 1.35 bits per heavy atom. The van der Waals surface area contributed by atoms with Crippen LogP contribution in [-0.4, -0.2) is 59.3 Å². The highest BCUT2D eigenvalue weighted by Crippen LogP contribution is 2.30. The molecule has 1 saturated heterocycles. The molecule has 126 valence electrons. The predicted octanol–water partition coefficient (Wildman–Crippen LogP) is -2.90. The number of ether oxygens (including phenoxy) is 1. The molecule has 0 amide bonds. The minimum atomic E-state index is -1.47. The number of nitrogens with zero attached hydrogens (tertiary/aromatic N) is 3. The number of rotatable bonds is 3. The SMILES string of the molecule is CCn1c(=O)n(C2OC(CO)[C@@H](O)[C@H]2O)c2nc(N)[nH]c(=O)c21. The first-order chi connectivity index (χ1) is 10.9. The third-order valence-electron chi connectivity index (χ3n) is 3.92. The Morgan fingerprint density at radius 3 is 2.61 bits per heavy atom. The Hall–Kier alpha value is -2.21. The van der Waals surface area contributed by atoms with Crippen LogP contribution in [0.3, 0.4) is 0 Å². The number of aliphatic hydroxyl groups is 3. The number of aromatic amines is 1. The van der Waals surface area contributed by atoms with Crippen LogP contribution in [0.4, 0.5) is 5.95 Å². The lowest BCUT2D eigenvalue weighted by Crippen LogP contribution is -2.36. The van der Waals surface area contributed by atoms with Gasteiger partial charge in [-0.1, -0.05) is 0 Å². The molecule has 2 aromatic heterocycles. The van der Waals surface area contributed by atoms with Gasteiger partial charge in [-0.3, -0.25) is 14.3 Å². The molecule has 0 aromatic carbocycles. The van der Waals surface area contributed by atoms with Gasteiger partial charge in [0, 0.05) is 6.54 Å². The van der Waals surface area contributed by atoms with E-state index in [1.54, 1.807) is 6.92 Å². The summed E-state index contributed by atoms with van der Waals surface area (Å²) in [6.45, 7) is 1.32. The lowest BCUT2D eigenvalue weighted by Gasteiger charge is -2.15. The van der Waals surface area contributed by atoms with Gasteiger partial charge in [0.2, 0.25) is 5.95 Å². The first-order valence-corrected chi connectivity index (χ1v) is 7.03. The van der Waals surface area contributed by atoms with Crippen molar-refractivity contribution in [1.82, 2.24) is 19.1 Å². The van der Waals surface area contributed by atoms with Crippen molar-refractivity contribution in [1.29, 1.82) is 0 Å². The summed E-state index contributed by atoms with van der Waals surface area (Å²) in [6.07, 6.45) is -5.20. The van der Waals surface area contributed by atoms with Gasteiger partial charge in [0.25, 0.3) is 5.56 Å². The van der Waals surface area contributed by atoms with Crippen LogP contribution < -0.4 is 17.0 Å². The number of nitrogens with one attached hydrogen (secondary N) is 1. The zero-order valence-corrected chi connectivity index (χ0v) is 12.2. The summed E-state index contributed by atoms with van der Waals surface area (Å²) in [5.41, 5.74) is 4.21. The normalized spacial score (nSPS) is 27.8. The maximum Gasteiger partial charge on any atom is 0.332 e. The molecule has 6 N–H and O–H groups in total. The summed E-state index contributed by atoms with van der Waals surface area (Å²) in [5, 5.41) is 29.1. The molecule has 0 bridgehead atoms. The van der Waals surface area contributed by atoms with Crippen molar-refractivity contribution < 1.29 is 20.1 Å². The first kappa shape index (κ1) is 15.7. The van der Waals surface area contributed by atoms with Crippen LogP contribution in [0.15, 0.2) is 9.59 Å². The summed E-state index contributed by atoms with van der Waals surface area (Å²) < 4.78 is 7.48. The van der Waals surface area contributed by atoms with Crippen molar-refractivity contribution in [2.45, 2.75) is 38.0 Å². The van der Waals surface area contributed by atoms with Crippen molar-refractivity contribution in [3.8, 4) is 0 Å². The van der Waals surface area contributed by atoms with Crippen LogP contribution in [0.2, 0.25) is 0 Å². The second-order valence-corrected chi connectivity index (χ2v) is 5.25. The molecule has 0 saturated carbocycles. The number of aryl methyl sites for hydroxylation is 1. The van der Waals surface area contributed by atoms with E-state index in [9.17, 15) is 19.8 Å². The van der Waals surface area contributed by atoms with Crippen LogP contribution in [0.5, 0.6) is 0 Å². The maximum atomic E-state index is 12.6. The van der Waals surface area contributed by atoms with Gasteiger partial charge >= 0.3 is 5.69 Å². The quantitative estimate of drug-likeness (QED) is 0.400. The number of fused-ring (bicyclic) bond motifs is 1. The van der Waals surface area contributed by atoms with Gasteiger partial charge in [0.1, 0.15) is 18.3 Å². The summed E-state index contributed by atoms with van der Waals surface area (Å²) in [5.74, 6) is -0.198. The maximum absolute atomic E-state index is 12.6. The van der Waals surface area contributed by atoms with E-state index in [0.29, 0.717) is 0 Å². The minimum Gasteiger partial charge on any atom is -0.394 e. The number of anilines is 1. The highest BCUT2D eigenvalue weighted by atomic mass is 16.6. The van der Waals surface area contributed by atoms with Crippen LogP contribution in [-0.2, 0) is 11.3 Å². The number of hydrogen-bond acceptors (Lipinski definition) is 8. The molecular formula is C12H17N5O6. The topological polar surface area (TPSA) is 169 Å². The van der Waals surface area contributed by atoms with E-state index in [4.69, 9.17) is 15.6 Å². The summed E-state index contributed by atoms with van der Waals surface area (Å²) in [6, 6.07) is 0. The van der Waals surface area contributed by atoms with Crippen molar-refractivity contribution in [2.75, 3.05) is 12.3 Å². The molecule has 0 aliphatic carbocycles. The van der Waals surface area contributed by atoms with Crippen LogP contribution >= 0.6 is 0 Å². The van der Waals surface area contributed by atoms with E-state index < -0.39 is 42.4 Å². The van der Waals surface area contributed by atoms with E-state index in [2.05, 4.69) is 9.97 Å². The van der Waals surface area contributed by atoms with E-state index in [1.165, 1.54) is 0 Å². The van der Waals surface area contributed by atoms with Crippen LogP contribution in [0, 0.1) is 0 Å². The van der Waals surface area contributed by atoms with E-state index in [0.717, 1.165) is 9.13 Å². The average molecular weight is 327 g/mol. The lowest BCUT2D eigenvalue weighted by atomic mass is 10.1. The van der Waals surface area contributed by atoms with Crippen LogP contribution in [0.1, 0.15) is 13.2 Å². The number of H-pyrrole nitrogens is 1. The molecule has 2 unspecified atom stereocenters. The smallest absolute Gasteiger partial charge is 0.332 e. The second-order valence-electron chi connectivity index (χ2n) is 5.25. The van der Waals surface area contributed by atoms with Gasteiger partial charge in [-0.25, -0.2) is 9.36 Å². The fourth-order valence-corrected chi connectivity index (χ4v) is 2.82. The molecule has 1 aliphatic heterocycles. The number of imidazole rings is 1. The number of nitrogen functional groups attached to an aromatic ring is 1. The van der Waals surface area contributed by atoms with Gasteiger partial charge in [-0.15, -0.1) is 0 Å². The molecule has 1 aliphatic rings. The molecule has 11 nitrogen and oxygen atoms in total. The molecule has 3 rings (SSSR count). The highest BCUT2D eigenvalue weighted by Gasteiger charge is 2.45. The monoisotopic (exact) mass is 327 g/mol. The molecular weight excluding hydrogens is 310 g/mol. The molecule has 4 atom stereocenters. The molecule has 3 heterocycles. The zero-order valence-electron chi connectivity index (χ0n) is 12.2. The van der Waals surface area contributed by atoms with Crippen molar-refractivity contribution in [3.05, 3.63) is 20.8 Å². The Labute approximate surface area is 128 Å². The number of aliphatic hydroxyl groups excluding tert-OH is 3.